The number of alkyl halides is 1. The van der Waals surface area contributed by atoms with Gasteiger partial charge in [-0.15, -0.1) is 11.6 Å². The van der Waals surface area contributed by atoms with Gasteiger partial charge in [-0.1, -0.05) is 6.07 Å². The lowest BCUT2D eigenvalue weighted by atomic mass is 10.1. The molecule has 1 aliphatic heterocycles. The molecule has 0 saturated carbocycles. The van der Waals surface area contributed by atoms with Gasteiger partial charge in [0.2, 0.25) is 0 Å². The fourth-order valence-electron chi connectivity index (χ4n) is 2.65. The summed E-state index contributed by atoms with van der Waals surface area (Å²) >= 11 is 5.50. The monoisotopic (exact) mass is 368 g/mol. The van der Waals surface area contributed by atoms with Crippen molar-refractivity contribution in [3.8, 4) is 5.75 Å². The summed E-state index contributed by atoms with van der Waals surface area (Å²) in [4.78, 5) is 25.4. The van der Waals surface area contributed by atoms with Gasteiger partial charge in [0.1, 0.15) is 12.4 Å². The highest BCUT2D eigenvalue weighted by atomic mass is 35.5. The Balaban J connectivity index is 1.69. The number of rotatable bonds is 6. The van der Waals surface area contributed by atoms with Crippen molar-refractivity contribution >= 4 is 23.6 Å². The molecule has 1 saturated heterocycles. The number of carbonyl (C=O) groups excluding carboxylic acids is 2. The maximum Gasteiger partial charge on any atom is 0.409 e. The van der Waals surface area contributed by atoms with E-state index in [4.69, 9.17) is 21.1 Å². The van der Waals surface area contributed by atoms with Crippen molar-refractivity contribution < 1.29 is 19.1 Å². The minimum atomic E-state index is -0.344. The fraction of sp³-hybridized carbons (Fsp3) is 0.556. The Morgan fingerprint density at radius 3 is 2.60 bits per heavy atom. The molecule has 0 spiro atoms. The Labute approximate surface area is 153 Å². The van der Waals surface area contributed by atoms with Gasteiger partial charge < -0.3 is 19.7 Å². The Morgan fingerprint density at radius 2 is 1.96 bits per heavy atom. The highest BCUT2D eigenvalue weighted by molar-refractivity contribution is 6.18. The molecule has 6 nitrogen and oxygen atoms in total. The van der Waals surface area contributed by atoms with Crippen molar-refractivity contribution in [1.29, 1.82) is 0 Å². The number of nitrogens with one attached hydrogen (secondary N) is 1. The first-order valence-corrected chi connectivity index (χ1v) is 9.00. The van der Waals surface area contributed by atoms with E-state index in [1.54, 1.807) is 4.90 Å². The molecule has 0 atom stereocenters. The molecule has 0 aromatic heterocycles. The number of carbonyl (C=O) groups is 2. The van der Waals surface area contributed by atoms with Crippen molar-refractivity contribution in [2.24, 2.45) is 0 Å². The standard InChI is InChI=1S/C18H25ClN2O4/c1-13-3-4-16(11-14(13)2)25-12-17(22)20-15-5-8-21(9-6-15)18(23)24-10-7-19/h3-4,11,15H,5-10,12H2,1-2H3,(H,20,22). The molecule has 1 aliphatic rings. The highest BCUT2D eigenvalue weighted by Gasteiger charge is 2.24. The summed E-state index contributed by atoms with van der Waals surface area (Å²) in [6.07, 6.45) is 1.06. The topological polar surface area (TPSA) is 67.9 Å². The van der Waals surface area contributed by atoms with Crippen LogP contribution >= 0.6 is 11.6 Å². The van der Waals surface area contributed by atoms with E-state index in [0.717, 1.165) is 5.56 Å². The number of piperidine rings is 1. The van der Waals surface area contributed by atoms with Gasteiger partial charge in [0, 0.05) is 19.1 Å². The Morgan fingerprint density at radius 1 is 1.24 bits per heavy atom. The van der Waals surface area contributed by atoms with E-state index in [1.807, 2.05) is 32.0 Å². The summed E-state index contributed by atoms with van der Waals surface area (Å²) < 4.78 is 10.5. The van der Waals surface area contributed by atoms with Crippen LogP contribution in [-0.2, 0) is 9.53 Å². The summed E-state index contributed by atoms with van der Waals surface area (Å²) in [5.74, 6) is 0.829. The number of halogens is 1. The maximum atomic E-state index is 12.0. The minimum Gasteiger partial charge on any atom is -0.484 e. The van der Waals surface area contributed by atoms with Crippen LogP contribution in [0.3, 0.4) is 0 Å². The van der Waals surface area contributed by atoms with Gasteiger partial charge in [-0.2, -0.15) is 0 Å². The van der Waals surface area contributed by atoms with Gasteiger partial charge in [-0.3, -0.25) is 4.79 Å². The molecular weight excluding hydrogens is 344 g/mol. The average molecular weight is 369 g/mol. The molecule has 0 unspecified atom stereocenters. The predicted molar refractivity (Wildman–Crippen MR) is 96.2 cm³/mol. The number of amides is 2. The molecule has 1 aromatic carbocycles. The number of nitrogens with zero attached hydrogens (tertiary/aromatic N) is 1. The molecule has 7 heteroatoms. The average Bonchev–Trinajstić information content (AvgIpc) is 2.61. The Hall–Kier alpha value is -1.95. The maximum absolute atomic E-state index is 12.0. The van der Waals surface area contributed by atoms with Gasteiger partial charge in [-0.25, -0.2) is 4.79 Å². The van der Waals surface area contributed by atoms with E-state index in [2.05, 4.69) is 5.32 Å². The molecule has 1 N–H and O–H groups in total. The molecular formula is C18H25ClN2O4. The third kappa shape index (κ3) is 6.12. The zero-order chi connectivity index (χ0) is 18.2. The van der Waals surface area contributed by atoms with Gasteiger partial charge in [0.15, 0.2) is 6.61 Å². The van der Waals surface area contributed by atoms with E-state index in [-0.39, 0.29) is 31.3 Å². The van der Waals surface area contributed by atoms with Gasteiger partial charge in [0.25, 0.3) is 5.91 Å². The zero-order valence-corrected chi connectivity index (χ0v) is 15.5. The Bertz CT molecular complexity index is 601. The first-order valence-electron chi connectivity index (χ1n) is 8.46. The summed E-state index contributed by atoms with van der Waals surface area (Å²) in [6, 6.07) is 5.81. The van der Waals surface area contributed by atoms with Crippen LogP contribution in [0.1, 0.15) is 24.0 Å². The third-order valence-electron chi connectivity index (χ3n) is 4.27. The van der Waals surface area contributed by atoms with Gasteiger partial charge in [-0.05, 0) is 49.9 Å². The SMILES string of the molecule is Cc1ccc(OCC(=O)NC2CCN(C(=O)OCCCl)CC2)cc1C. The minimum absolute atomic E-state index is 0.0134. The second kappa shape index (κ2) is 9.51. The van der Waals surface area contributed by atoms with Gasteiger partial charge in [0.05, 0.1) is 5.88 Å². The number of likely N-dealkylation sites (tertiary alicyclic amines) is 1. The summed E-state index contributed by atoms with van der Waals surface area (Å²) in [5.41, 5.74) is 2.32. The molecule has 0 aliphatic carbocycles. The summed E-state index contributed by atoms with van der Waals surface area (Å²) in [5, 5.41) is 2.95. The lowest BCUT2D eigenvalue weighted by Gasteiger charge is -2.31. The zero-order valence-electron chi connectivity index (χ0n) is 14.7. The van der Waals surface area contributed by atoms with Crippen molar-refractivity contribution in [3.05, 3.63) is 29.3 Å². The molecule has 2 amide bonds. The van der Waals surface area contributed by atoms with E-state index in [1.165, 1.54) is 5.56 Å². The van der Waals surface area contributed by atoms with Crippen LogP contribution in [0, 0.1) is 13.8 Å². The Kier molecular flexibility index (Phi) is 7.37. The third-order valence-corrected chi connectivity index (χ3v) is 4.42. The first kappa shape index (κ1) is 19.4. The molecule has 1 heterocycles. The van der Waals surface area contributed by atoms with Crippen molar-refractivity contribution in [3.63, 3.8) is 0 Å². The smallest absolute Gasteiger partial charge is 0.409 e. The molecule has 0 radical (unpaired) electrons. The van der Waals surface area contributed by atoms with E-state index >= 15 is 0 Å². The molecule has 138 valence electrons. The van der Waals surface area contributed by atoms with Crippen molar-refractivity contribution in [2.75, 3.05) is 32.2 Å². The van der Waals surface area contributed by atoms with Crippen LogP contribution in [0.4, 0.5) is 4.79 Å². The lowest BCUT2D eigenvalue weighted by Crippen LogP contribution is -2.47. The van der Waals surface area contributed by atoms with Crippen LogP contribution in [0.5, 0.6) is 5.75 Å². The largest absolute Gasteiger partial charge is 0.484 e. The second-order valence-electron chi connectivity index (χ2n) is 6.17. The molecule has 0 bridgehead atoms. The summed E-state index contributed by atoms with van der Waals surface area (Å²) in [7, 11) is 0. The predicted octanol–water partition coefficient (Wildman–Crippen LogP) is 2.64. The molecule has 1 aromatic rings. The lowest BCUT2D eigenvalue weighted by molar-refractivity contribution is -0.124. The fourth-order valence-corrected chi connectivity index (χ4v) is 2.72. The molecule has 2 rings (SSSR count). The molecule has 1 fully saturated rings. The van der Waals surface area contributed by atoms with Crippen LogP contribution in [-0.4, -0.2) is 55.1 Å². The van der Waals surface area contributed by atoms with Crippen LogP contribution in [0.25, 0.3) is 0 Å². The normalized spacial score (nSPS) is 14.9. The number of ether oxygens (including phenoxy) is 2. The molecule has 25 heavy (non-hydrogen) atoms. The van der Waals surface area contributed by atoms with E-state index in [0.29, 0.717) is 37.6 Å². The van der Waals surface area contributed by atoms with E-state index in [9.17, 15) is 9.59 Å². The van der Waals surface area contributed by atoms with Crippen molar-refractivity contribution in [1.82, 2.24) is 10.2 Å². The van der Waals surface area contributed by atoms with Crippen molar-refractivity contribution in [2.45, 2.75) is 32.7 Å². The van der Waals surface area contributed by atoms with Gasteiger partial charge >= 0.3 is 6.09 Å². The number of hydrogen-bond donors (Lipinski definition) is 1. The summed E-state index contributed by atoms with van der Waals surface area (Å²) in [6.45, 7) is 5.36. The quantitative estimate of drug-likeness (QED) is 0.784. The highest BCUT2D eigenvalue weighted by Crippen LogP contribution is 2.16. The second-order valence-corrected chi connectivity index (χ2v) is 6.54. The van der Waals surface area contributed by atoms with Crippen LogP contribution < -0.4 is 10.1 Å². The first-order chi connectivity index (χ1) is 12.0. The number of hydrogen-bond acceptors (Lipinski definition) is 4. The van der Waals surface area contributed by atoms with Crippen LogP contribution in [0.2, 0.25) is 0 Å². The number of benzene rings is 1. The van der Waals surface area contributed by atoms with Crippen LogP contribution in [0.15, 0.2) is 18.2 Å². The van der Waals surface area contributed by atoms with E-state index < -0.39 is 0 Å². The number of aryl methyl sites for hydroxylation is 2.